The van der Waals surface area contributed by atoms with Crippen molar-refractivity contribution in [1.82, 2.24) is 20.2 Å². The number of aromatic amines is 1. The Morgan fingerprint density at radius 3 is 3.00 bits per heavy atom. The number of nitrogen functional groups attached to an aromatic ring is 1. The van der Waals surface area contributed by atoms with Gasteiger partial charge in [-0.3, -0.25) is 9.89 Å². The quantitative estimate of drug-likeness (QED) is 0.603. The third-order valence-corrected chi connectivity index (χ3v) is 1.71. The number of fused-ring (bicyclic) bond motifs is 1. The fraction of sp³-hybridized carbons (Fsp3) is 0.143. The fourth-order valence-corrected chi connectivity index (χ4v) is 1.12. The molecule has 0 aliphatic heterocycles. The number of Topliss-reactive ketones (excluding diaryl/α,β-unsaturated/α-hetero) is 1. The van der Waals surface area contributed by atoms with Crippen LogP contribution in [-0.4, -0.2) is 25.9 Å². The molecule has 0 unspecified atom stereocenters. The molecule has 6 heteroatoms. The van der Waals surface area contributed by atoms with Crippen LogP contribution in [0.2, 0.25) is 0 Å². The molecule has 2 aromatic heterocycles. The van der Waals surface area contributed by atoms with Gasteiger partial charge in [0.25, 0.3) is 0 Å². The molecule has 0 fully saturated rings. The Kier molecular flexibility index (Phi) is 1.48. The second-order valence-corrected chi connectivity index (χ2v) is 2.61. The molecule has 13 heavy (non-hydrogen) atoms. The van der Waals surface area contributed by atoms with Crippen molar-refractivity contribution in [2.24, 2.45) is 0 Å². The zero-order valence-corrected chi connectivity index (χ0v) is 6.90. The topological polar surface area (TPSA) is 97.6 Å². The molecule has 2 aromatic rings. The van der Waals surface area contributed by atoms with E-state index in [9.17, 15) is 4.79 Å². The van der Waals surface area contributed by atoms with Crippen LogP contribution < -0.4 is 5.73 Å². The Hall–Kier alpha value is -1.98. The van der Waals surface area contributed by atoms with Crippen LogP contribution in [0.4, 0.5) is 5.82 Å². The smallest absolute Gasteiger partial charge is 0.180 e. The molecule has 0 radical (unpaired) electrons. The molecular weight excluding hydrogens is 170 g/mol. The number of ketones is 1. The molecule has 0 amide bonds. The Bertz CT molecular complexity index is 475. The summed E-state index contributed by atoms with van der Waals surface area (Å²) in [5.74, 6) is 0.135. The lowest BCUT2D eigenvalue weighted by Gasteiger charge is -1.94. The van der Waals surface area contributed by atoms with Crippen LogP contribution >= 0.6 is 0 Å². The first-order valence-electron chi connectivity index (χ1n) is 3.65. The molecule has 3 N–H and O–H groups in total. The van der Waals surface area contributed by atoms with Crippen molar-refractivity contribution in [2.45, 2.75) is 6.92 Å². The van der Waals surface area contributed by atoms with Gasteiger partial charge in [-0.2, -0.15) is 5.10 Å². The van der Waals surface area contributed by atoms with Crippen LogP contribution in [0.1, 0.15) is 17.4 Å². The molecule has 66 valence electrons. The van der Waals surface area contributed by atoms with Gasteiger partial charge in [0.1, 0.15) is 23.1 Å². The first-order valence-corrected chi connectivity index (χ1v) is 3.65. The van der Waals surface area contributed by atoms with Crippen LogP contribution in [0.15, 0.2) is 6.33 Å². The van der Waals surface area contributed by atoms with Gasteiger partial charge in [0.15, 0.2) is 11.6 Å². The van der Waals surface area contributed by atoms with Gasteiger partial charge >= 0.3 is 0 Å². The number of carbonyl (C=O) groups excluding carboxylic acids is 1. The van der Waals surface area contributed by atoms with Crippen molar-refractivity contribution >= 4 is 22.6 Å². The van der Waals surface area contributed by atoms with Gasteiger partial charge < -0.3 is 5.73 Å². The Labute approximate surface area is 73.2 Å². The minimum Gasteiger partial charge on any atom is -0.380 e. The van der Waals surface area contributed by atoms with E-state index in [1.54, 1.807) is 0 Å². The largest absolute Gasteiger partial charge is 0.380 e. The van der Waals surface area contributed by atoms with Crippen molar-refractivity contribution in [2.75, 3.05) is 5.73 Å². The predicted octanol–water partition coefficient (Wildman–Crippen LogP) is 0.138. The average molecular weight is 177 g/mol. The summed E-state index contributed by atoms with van der Waals surface area (Å²) >= 11 is 0. The average Bonchev–Trinajstić information content (AvgIpc) is 2.48. The van der Waals surface area contributed by atoms with Gasteiger partial charge in [-0.15, -0.1) is 0 Å². The van der Waals surface area contributed by atoms with E-state index in [2.05, 4.69) is 20.2 Å². The lowest BCUT2D eigenvalue weighted by Crippen LogP contribution is -1.98. The molecule has 0 bridgehead atoms. The standard InChI is InChI=1S/C7H7N5O/c1-3(13)4-5-6(10-2-9-4)7(8)12-11-5/h2H,1H3,(H3,8,11,12). The predicted molar refractivity (Wildman–Crippen MR) is 46.1 cm³/mol. The number of anilines is 1. The first-order chi connectivity index (χ1) is 6.20. The Morgan fingerprint density at radius 1 is 1.54 bits per heavy atom. The minimum atomic E-state index is -0.143. The van der Waals surface area contributed by atoms with E-state index in [1.807, 2.05) is 0 Å². The van der Waals surface area contributed by atoms with Crippen molar-refractivity contribution < 1.29 is 4.79 Å². The number of nitrogens with two attached hydrogens (primary N) is 1. The summed E-state index contributed by atoms with van der Waals surface area (Å²) in [6.07, 6.45) is 1.30. The molecule has 6 nitrogen and oxygen atoms in total. The normalized spacial score (nSPS) is 10.5. The number of nitrogens with one attached hydrogen (secondary N) is 1. The molecule has 2 heterocycles. The Balaban J connectivity index is 2.84. The zero-order chi connectivity index (χ0) is 9.42. The number of nitrogens with zero attached hydrogens (tertiary/aromatic N) is 3. The van der Waals surface area contributed by atoms with Gasteiger partial charge in [-0.05, 0) is 0 Å². The summed E-state index contributed by atoms with van der Waals surface area (Å²) in [5.41, 5.74) is 6.79. The van der Waals surface area contributed by atoms with Gasteiger partial charge in [0.2, 0.25) is 0 Å². The number of H-pyrrole nitrogens is 1. The Morgan fingerprint density at radius 2 is 2.31 bits per heavy atom. The third kappa shape index (κ3) is 1.03. The molecule has 0 aromatic carbocycles. The van der Waals surface area contributed by atoms with Gasteiger partial charge in [0, 0.05) is 6.92 Å². The number of rotatable bonds is 1. The van der Waals surface area contributed by atoms with E-state index >= 15 is 0 Å². The molecule has 0 aliphatic carbocycles. The highest BCUT2D eigenvalue weighted by Crippen LogP contribution is 2.16. The third-order valence-electron chi connectivity index (χ3n) is 1.71. The number of hydrogen-bond acceptors (Lipinski definition) is 5. The minimum absolute atomic E-state index is 0.143. The first kappa shape index (κ1) is 7.66. The van der Waals surface area contributed by atoms with E-state index in [1.165, 1.54) is 13.3 Å². The van der Waals surface area contributed by atoms with Gasteiger partial charge in [-0.25, -0.2) is 9.97 Å². The van der Waals surface area contributed by atoms with E-state index in [-0.39, 0.29) is 11.6 Å². The van der Waals surface area contributed by atoms with Crippen LogP contribution in [0.3, 0.4) is 0 Å². The monoisotopic (exact) mass is 177 g/mol. The maximum absolute atomic E-state index is 11.1. The highest BCUT2D eigenvalue weighted by Gasteiger charge is 2.11. The van der Waals surface area contributed by atoms with E-state index < -0.39 is 0 Å². The van der Waals surface area contributed by atoms with Crippen molar-refractivity contribution in [1.29, 1.82) is 0 Å². The van der Waals surface area contributed by atoms with Crippen LogP contribution in [-0.2, 0) is 0 Å². The fourth-order valence-electron chi connectivity index (χ4n) is 1.12. The number of carbonyl (C=O) groups is 1. The maximum Gasteiger partial charge on any atom is 0.180 e. The summed E-state index contributed by atoms with van der Waals surface area (Å²) in [7, 11) is 0. The van der Waals surface area contributed by atoms with Crippen LogP contribution in [0, 0.1) is 0 Å². The zero-order valence-electron chi connectivity index (χ0n) is 6.90. The number of hydrogen-bond donors (Lipinski definition) is 2. The lowest BCUT2D eigenvalue weighted by atomic mass is 10.2. The molecule has 0 saturated carbocycles. The van der Waals surface area contributed by atoms with Crippen molar-refractivity contribution in [3.63, 3.8) is 0 Å². The second-order valence-electron chi connectivity index (χ2n) is 2.61. The molecule has 0 spiro atoms. The van der Waals surface area contributed by atoms with Crippen LogP contribution in [0.5, 0.6) is 0 Å². The SMILES string of the molecule is CC(=O)c1ncnc2c(N)n[nH]c12. The van der Waals surface area contributed by atoms with Crippen LogP contribution in [0.25, 0.3) is 11.0 Å². The highest BCUT2D eigenvalue weighted by molar-refractivity contribution is 6.04. The lowest BCUT2D eigenvalue weighted by molar-refractivity contribution is 0.101. The van der Waals surface area contributed by atoms with Gasteiger partial charge in [-0.1, -0.05) is 0 Å². The van der Waals surface area contributed by atoms with Gasteiger partial charge in [0.05, 0.1) is 0 Å². The summed E-state index contributed by atoms with van der Waals surface area (Å²) in [5, 5.41) is 6.35. The maximum atomic E-state index is 11.1. The molecule has 0 aliphatic rings. The molecular formula is C7H7N5O. The summed E-state index contributed by atoms with van der Waals surface area (Å²) in [6, 6.07) is 0. The molecule has 2 rings (SSSR count). The number of aromatic nitrogens is 4. The van der Waals surface area contributed by atoms with E-state index in [0.29, 0.717) is 16.7 Å². The summed E-state index contributed by atoms with van der Waals surface area (Å²) in [4.78, 5) is 18.8. The second kappa shape index (κ2) is 2.51. The highest BCUT2D eigenvalue weighted by atomic mass is 16.1. The van der Waals surface area contributed by atoms with E-state index in [4.69, 9.17) is 5.73 Å². The van der Waals surface area contributed by atoms with Crippen molar-refractivity contribution in [3.05, 3.63) is 12.0 Å². The molecule has 0 atom stereocenters. The van der Waals surface area contributed by atoms with E-state index in [0.717, 1.165) is 0 Å². The summed E-state index contributed by atoms with van der Waals surface area (Å²) in [6.45, 7) is 1.43. The van der Waals surface area contributed by atoms with Crippen molar-refractivity contribution in [3.8, 4) is 0 Å². The summed E-state index contributed by atoms with van der Waals surface area (Å²) < 4.78 is 0. The molecule has 0 saturated heterocycles.